The highest BCUT2D eigenvalue weighted by atomic mass is 19.1. The Morgan fingerprint density at radius 2 is 1.86 bits per heavy atom. The molecule has 0 fully saturated rings. The highest BCUT2D eigenvalue weighted by molar-refractivity contribution is 5.84. The van der Waals surface area contributed by atoms with E-state index < -0.39 is 0 Å². The lowest BCUT2D eigenvalue weighted by Gasteiger charge is -2.11. The van der Waals surface area contributed by atoms with Gasteiger partial charge in [0.05, 0.1) is 5.69 Å². The van der Waals surface area contributed by atoms with Crippen LogP contribution in [-0.4, -0.2) is 21.3 Å². The van der Waals surface area contributed by atoms with Gasteiger partial charge in [0.15, 0.2) is 12.0 Å². The van der Waals surface area contributed by atoms with Crippen LogP contribution in [0.4, 0.5) is 4.39 Å². The molecule has 1 aromatic heterocycles. The smallest absolute Gasteiger partial charge is 0.172 e. The number of hydrogen-bond acceptors (Lipinski definition) is 3. The van der Waals surface area contributed by atoms with E-state index in [2.05, 4.69) is 10.3 Å². The van der Waals surface area contributed by atoms with Gasteiger partial charge in [0.2, 0.25) is 0 Å². The fourth-order valence-electron chi connectivity index (χ4n) is 2.44. The van der Waals surface area contributed by atoms with Gasteiger partial charge in [-0.15, -0.1) is 5.10 Å². The van der Waals surface area contributed by atoms with Crippen molar-refractivity contribution >= 4 is 6.29 Å². The van der Waals surface area contributed by atoms with Crippen LogP contribution < -0.4 is 0 Å². The maximum atomic E-state index is 13.1. The molecule has 0 amide bonds. The molecule has 1 heterocycles. The number of carbonyl (C=O) groups excluding carboxylic acids is 1. The zero-order valence-electron chi connectivity index (χ0n) is 12.0. The lowest BCUT2D eigenvalue weighted by Crippen LogP contribution is -2.03. The fraction of sp³-hybridized carbons (Fsp3) is 0.118. The predicted octanol–water partition coefficient (Wildman–Crippen LogP) is 3.45. The van der Waals surface area contributed by atoms with Gasteiger partial charge in [-0.25, -0.2) is 9.07 Å². The maximum absolute atomic E-state index is 13.1. The molecule has 0 aliphatic carbocycles. The number of rotatable bonds is 4. The summed E-state index contributed by atoms with van der Waals surface area (Å²) in [4.78, 5) is 11.3. The lowest BCUT2D eigenvalue weighted by atomic mass is 10.1. The first-order chi connectivity index (χ1) is 10.7. The number of para-hydroxylation sites is 1. The minimum atomic E-state index is -0.329. The van der Waals surface area contributed by atoms with Crippen molar-refractivity contribution in [2.45, 2.75) is 13.3 Å². The normalized spacial score (nSPS) is 10.6. The largest absolute Gasteiger partial charge is 0.296 e. The monoisotopic (exact) mass is 295 g/mol. The summed E-state index contributed by atoms with van der Waals surface area (Å²) in [6.45, 7) is 2.05. The number of nitrogens with zero attached hydrogens (tertiary/aromatic N) is 3. The Morgan fingerprint density at radius 3 is 2.55 bits per heavy atom. The molecule has 22 heavy (non-hydrogen) atoms. The van der Waals surface area contributed by atoms with E-state index in [0.29, 0.717) is 17.5 Å². The molecule has 0 unspecified atom stereocenters. The van der Waals surface area contributed by atoms with Crippen LogP contribution >= 0.6 is 0 Å². The number of aldehydes is 1. The number of halogens is 1. The molecule has 0 aliphatic heterocycles. The Balaban J connectivity index is 2.23. The second-order valence-corrected chi connectivity index (χ2v) is 4.84. The van der Waals surface area contributed by atoms with Crippen molar-refractivity contribution in [2.75, 3.05) is 0 Å². The van der Waals surface area contributed by atoms with Crippen molar-refractivity contribution in [1.29, 1.82) is 0 Å². The molecule has 4 nitrogen and oxygen atoms in total. The first kappa shape index (κ1) is 14.1. The van der Waals surface area contributed by atoms with Crippen molar-refractivity contribution in [3.8, 4) is 16.9 Å². The van der Waals surface area contributed by atoms with E-state index in [4.69, 9.17) is 0 Å². The average Bonchev–Trinajstić information content (AvgIpc) is 2.99. The first-order valence-electron chi connectivity index (χ1n) is 6.99. The van der Waals surface area contributed by atoms with Crippen molar-refractivity contribution < 1.29 is 9.18 Å². The summed E-state index contributed by atoms with van der Waals surface area (Å²) in [6, 6.07) is 13.7. The number of benzene rings is 2. The Labute approximate surface area is 127 Å². The van der Waals surface area contributed by atoms with Gasteiger partial charge in [-0.1, -0.05) is 30.3 Å². The van der Waals surface area contributed by atoms with Crippen LogP contribution in [0.2, 0.25) is 0 Å². The van der Waals surface area contributed by atoms with Crippen LogP contribution in [0.3, 0.4) is 0 Å². The minimum absolute atomic E-state index is 0.234. The van der Waals surface area contributed by atoms with Crippen LogP contribution in [0.15, 0.2) is 48.5 Å². The quantitative estimate of drug-likeness (QED) is 0.693. The summed E-state index contributed by atoms with van der Waals surface area (Å²) in [5, 5.41) is 8.04. The van der Waals surface area contributed by atoms with Gasteiger partial charge in [0.25, 0.3) is 0 Å². The van der Waals surface area contributed by atoms with E-state index in [1.165, 1.54) is 12.1 Å². The van der Waals surface area contributed by atoms with Crippen molar-refractivity contribution in [2.24, 2.45) is 0 Å². The van der Waals surface area contributed by atoms with Crippen LogP contribution in [-0.2, 0) is 6.42 Å². The molecule has 110 valence electrons. The lowest BCUT2D eigenvalue weighted by molar-refractivity contribution is 0.111. The predicted molar refractivity (Wildman–Crippen MR) is 81.5 cm³/mol. The summed E-state index contributed by atoms with van der Waals surface area (Å²) >= 11 is 0. The van der Waals surface area contributed by atoms with E-state index in [0.717, 1.165) is 17.7 Å². The third-order valence-corrected chi connectivity index (χ3v) is 3.53. The van der Waals surface area contributed by atoms with E-state index in [-0.39, 0.29) is 11.5 Å². The standard InChI is InChI=1S/C17H14FN3O/c1-2-12-5-3-4-6-16(12)21-17(15(11-22)19-20-21)13-7-9-14(18)10-8-13/h3-11H,2H2,1H3. The number of aryl methyl sites for hydroxylation is 1. The van der Waals surface area contributed by atoms with Crippen LogP contribution in [0.25, 0.3) is 16.9 Å². The molecule has 0 bridgehead atoms. The van der Waals surface area contributed by atoms with E-state index in [1.807, 2.05) is 31.2 Å². The molecule has 0 saturated heterocycles. The Morgan fingerprint density at radius 1 is 1.14 bits per heavy atom. The average molecular weight is 295 g/mol. The van der Waals surface area contributed by atoms with Crippen LogP contribution in [0.1, 0.15) is 23.0 Å². The van der Waals surface area contributed by atoms with Gasteiger partial charge in [-0.05, 0) is 42.3 Å². The number of hydrogen-bond donors (Lipinski definition) is 0. The van der Waals surface area contributed by atoms with Crippen molar-refractivity contribution in [3.05, 3.63) is 65.6 Å². The SMILES string of the molecule is CCc1ccccc1-n1nnc(C=O)c1-c1ccc(F)cc1. The number of carbonyl (C=O) groups is 1. The van der Waals surface area contributed by atoms with Gasteiger partial charge in [-0.2, -0.15) is 0 Å². The number of aromatic nitrogens is 3. The molecule has 5 heteroatoms. The van der Waals surface area contributed by atoms with Crippen molar-refractivity contribution in [3.63, 3.8) is 0 Å². The Kier molecular flexibility index (Phi) is 3.78. The summed E-state index contributed by atoms with van der Waals surface area (Å²) in [6.07, 6.45) is 1.49. The highest BCUT2D eigenvalue weighted by Gasteiger charge is 2.17. The van der Waals surface area contributed by atoms with Gasteiger partial charge in [0, 0.05) is 5.56 Å². The summed E-state index contributed by atoms with van der Waals surface area (Å²) in [5.41, 5.74) is 3.45. The summed E-state index contributed by atoms with van der Waals surface area (Å²) in [5.74, 6) is -0.329. The second-order valence-electron chi connectivity index (χ2n) is 4.84. The van der Waals surface area contributed by atoms with Gasteiger partial charge < -0.3 is 0 Å². The topological polar surface area (TPSA) is 47.8 Å². The van der Waals surface area contributed by atoms with E-state index in [1.54, 1.807) is 16.8 Å². The zero-order valence-corrected chi connectivity index (χ0v) is 12.0. The van der Waals surface area contributed by atoms with E-state index >= 15 is 0 Å². The van der Waals surface area contributed by atoms with Gasteiger partial charge in [0.1, 0.15) is 11.5 Å². The van der Waals surface area contributed by atoms with Crippen LogP contribution in [0.5, 0.6) is 0 Å². The maximum Gasteiger partial charge on any atom is 0.172 e. The van der Waals surface area contributed by atoms with Gasteiger partial charge >= 0.3 is 0 Å². The Hall–Kier alpha value is -2.82. The molecule has 2 aromatic carbocycles. The molecule has 0 aliphatic rings. The fourth-order valence-corrected chi connectivity index (χ4v) is 2.44. The van der Waals surface area contributed by atoms with Gasteiger partial charge in [-0.3, -0.25) is 4.79 Å². The summed E-state index contributed by atoms with van der Waals surface area (Å²) < 4.78 is 14.8. The summed E-state index contributed by atoms with van der Waals surface area (Å²) in [7, 11) is 0. The van der Waals surface area contributed by atoms with E-state index in [9.17, 15) is 9.18 Å². The molecular weight excluding hydrogens is 281 g/mol. The minimum Gasteiger partial charge on any atom is -0.296 e. The zero-order chi connectivity index (χ0) is 15.5. The van der Waals surface area contributed by atoms with Crippen molar-refractivity contribution in [1.82, 2.24) is 15.0 Å². The second kappa shape index (κ2) is 5.89. The molecule has 0 spiro atoms. The molecule has 3 aromatic rings. The Bertz CT molecular complexity index is 809. The third kappa shape index (κ3) is 2.41. The molecule has 0 N–H and O–H groups in total. The van der Waals surface area contributed by atoms with Crippen LogP contribution in [0, 0.1) is 5.82 Å². The molecule has 3 rings (SSSR count). The third-order valence-electron chi connectivity index (χ3n) is 3.53. The molecule has 0 atom stereocenters. The highest BCUT2D eigenvalue weighted by Crippen LogP contribution is 2.26. The first-order valence-corrected chi connectivity index (χ1v) is 6.99. The molecule has 0 radical (unpaired) electrons. The molecular formula is C17H14FN3O. The molecule has 0 saturated carbocycles.